The summed E-state index contributed by atoms with van der Waals surface area (Å²) in [6.45, 7) is 5.98. The number of imidazole rings is 1. The zero-order valence-electron chi connectivity index (χ0n) is 9.39. The minimum Gasteiger partial charge on any atom is -0.378 e. The molecule has 1 aromatic heterocycles. The highest BCUT2D eigenvalue weighted by Gasteiger charge is 2.25. The van der Waals surface area contributed by atoms with Crippen molar-refractivity contribution in [1.29, 1.82) is 0 Å². The number of nitrogens with zero attached hydrogens (tertiary/aromatic N) is 2. The third-order valence-electron chi connectivity index (χ3n) is 3.18. The van der Waals surface area contributed by atoms with Gasteiger partial charge in [0.1, 0.15) is 0 Å². The van der Waals surface area contributed by atoms with Crippen molar-refractivity contribution < 1.29 is 4.74 Å². The first-order valence-corrected chi connectivity index (χ1v) is 5.55. The SMILES string of the molecule is CC1OCCC1Cn1cncc1[C@H](C)N. The summed E-state index contributed by atoms with van der Waals surface area (Å²) >= 11 is 0. The molecule has 2 heterocycles. The van der Waals surface area contributed by atoms with Gasteiger partial charge in [0.25, 0.3) is 0 Å². The summed E-state index contributed by atoms with van der Waals surface area (Å²) in [6.07, 6.45) is 5.21. The first-order chi connectivity index (χ1) is 7.18. The zero-order valence-corrected chi connectivity index (χ0v) is 9.39. The summed E-state index contributed by atoms with van der Waals surface area (Å²) in [6, 6.07) is 0.0464. The molecule has 0 bridgehead atoms. The van der Waals surface area contributed by atoms with Crippen molar-refractivity contribution in [2.24, 2.45) is 11.7 Å². The van der Waals surface area contributed by atoms with Crippen molar-refractivity contribution in [3.05, 3.63) is 18.2 Å². The Morgan fingerprint density at radius 3 is 3.13 bits per heavy atom. The van der Waals surface area contributed by atoms with Crippen LogP contribution in [0.15, 0.2) is 12.5 Å². The molecule has 1 saturated heterocycles. The summed E-state index contributed by atoms with van der Waals surface area (Å²) in [7, 11) is 0. The Bertz CT molecular complexity index is 321. The van der Waals surface area contributed by atoms with Crippen LogP contribution in [-0.2, 0) is 11.3 Å². The quantitative estimate of drug-likeness (QED) is 0.817. The van der Waals surface area contributed by atoms with Crippen LogP contribution in [-0.4, -0.2) is 22.3 Å². The van der Waals surface area contributed by atoms with Gasteiger partial charge in [0.2, 0.25) is 0 Å². The van der Waals surface area contributed by atoms with Crippen LogP contribution in [0, 0.1) is 5.92 Å². The fourth-order valence-electron chi connectivity index (χ4n) is 2.13. The highest BCUT2D eigenvalue weighted by molar-refractivity contribution is 5.03. The monoisotopic (exact) mass is 209 g/mol. The molecule has 0 saturated carbocycles. The number of hydrogen-bond acceptors (Lipinski definition) is 3. The van der Waals surface area contributed by atoms with Crippen molar-refractivity contribution in [3.63, 3.8) is 0 Å². The summed E-state index contributed by atoms with van der Waals surface area (Å²) in [5.41, 5.74) is 6.98. The molecule has 1 fully saturated rings. The van der Waals surface area contributed by atoms with Crippen molar-refractivity contribution >= 4 is 0 Å². The Morgan fingerprint density at radius 1 is 1.73 bits per heavy atom. The molecule has 2 unspecified atom stereocenters. The highest BCUT2D eigenvalue weighted by atomic mass is 16.5. The second kappa shape index (κ2) is 4.33. The van der Waals surface area contributed by atoms with Gasteiger partial charge >= 0.3 is 0 Å². The molecule has 1 aliphatic rings. The molecule has 3 atom stereocenters. The highest BCUT2D eigenvalue weighted by Crippen LogP contribution is 2.23. The Labute approximate surface area is 90.4 Å². The van der Waals surface area contributed by atoms with Gasteiger partial charge < -0.3 is 15.0 Å². The van der Waals surface area contributed by atoms with Gasteiger partial charge in [-0.1, -0.05) is 0 Å². The van der Waals surface area contributed by atoms with Crippen LogP contribution in [0.2, 0.25) is 0 Å². The van der Waals surface area contributed by atoms with E-state index in [4.69, 9.17) is 10.5 Å². The van der Waals surface area contributed by atoms with Gasteiger partial charge in [-0.05, 0) is 20.3 Å². The van der Waals surface area contributed by atoms with Gasteiger partial charge in [0.15, 0.2) is 0 Å². The van der Waals surface area contributed by atoms with E-state index in [0.717, 1.165) is 25.3 Å². The summed E-state index contributed by atoms with van der Waals surface area (Å²) in [5.74, 6) is 0.594. The molecule has 2 rings (SSSR count). The number of nitrogens with two attached hydrogens (primary N) is 1. The van der Waals surface area contributed by atoms with Crippen LogP contribution >= 0.6 is 0 Å². The van der Waals surface area contributed by atoms with Crippen LogP contribution < -0.4 is 5.73 Å². The molecule has 15 heavy (non-hydrogen) atoms. The topological polar surface area (TPSA) is 53.1 Å². The average Bonchev–Trinajstić information content (AvgIpc) is 2.77. The molecule has 2 N–H and O–H groups in total. The van der Waals surface area contributed by atoms with Crippen LogP contribution in [0.4, 0.5) is 0 Å². The van der Waals surface area contributed by atoms with Gasteiger partial charge in [0, 0.05) is 31.3 Å². The minimum atomic E-state index is 0.0464. The number of aromatic nitrogens is 2. The molecular weight excluding hydrogens is 190 g/mol. The molecule has 0 aliphatic carbocycles. The van der Waals surface area contributed by atoms with Crippen LogP contribution in [0.25, 0.3) is 0 Å². The van der Waals surface area contributed by atoms with E-state index in [1.807, 2.05) is 19.4 Å². The molecule has 84 valence electrons. The lowest BCUT2D eigenvalue weighted by atomic mass is 10.0. The van der Waals surface area contributed by atoms with Crippen molar-refractivity contribution in [2.75, 3.05) is 6.61 Å². The van der Waals surface area contributed by atoms with Crippen LogP contribution in [0.5, 0.6) is 0 Å². The van der Waals surface area contributed by atoms with E-state index in [1.54, 1.807) is 0 Å². The van der Waals surface area contributed by atoms with Gasteiger partial charge in [-0.2, -0.15) is 0 Å². The number of rotatable bonds is 3. The Kier molecular flexibility index (Phi) is 3.07. The molecule has 1 aliphatic heterocycles. The van der Waals surface area contributed by atoms with Crippen molar-refractivity contribution in [1.82, 2.24) is 9.55 Å². The normalized spacial score (nSPS) is 28.2. The van der Waals surface area contributed by atoms with E-state index in [2.05, 4.69) is 16.5 Å². The van der Waals surface area contributed by atoms with E-state index in [9.17, 15) is 0 Å². The van der Waals surface area contributed by atoms with Crippen LogP contribution in [0.3, 0.4) is 0 Å². The summed E-state index contributed by atoms with van der Waals surface area (Å²) < 4.78 is 7.70. The Morgan fingerprint density at radius 2 is 2.53 bits per heavy atom. The minimum absolute atomic E-state index is 0.0464. The second-order valence-corrected chi connectivity index (χ2v) is 4.38. The predicted molar refractivity (Wildman–Crippen MR) is 58.4 cm³/mol. The largest absolute Gasteiger partial charge is 0.378 e. The van der Waals surface area contributed by atoms with Gasteiger partial charge in [-0.25, -0.2) is 4.98 Å². The first kappa shape index (κ1) is 10.6. The van der Waals surface area contributed by atoms with Gasteiger partial charge in [-0.3, -0.25) is 0 Å². The smallest absolute Gasteiger partial charge is 0.0948 e. The second-order valence-electron chi connectivity index (χ2n) is 4.38. The third kappa shape index (κ3) is 2.21. The lowest BCUT2D eigenvalue weighted by Gasteiger charge is -2.17. The van der Waals surface area contributed by atoms with E-state index in [0.29, 0.717) is 12.0 Å². The molecular formula is C11H19N3O. The molecule has 0 radical (unpaired) electrons. The average molecular weight is 209 g/mol. The molecule has 0 aromatic carbocycles. The zero-order chi connectivity index (χ0) is 10.8. The number of ether oxygens (including phenoxy) is 1. The molecule has 4 nitrogen and oxygen atoms in total. The lowest BCUT2D eigenvalue weighted by Crippen LogP contribution is -2.20. The Hall–Kier alpha value is -0.870. The van der Waals surface area contributed by atoms with Gasteiger partial charge in [-0.15, -0.1) is 0 Å². The maximum absolute atomic E-state index is 5.88. The van der Waals surface area contributed by atoms with Crippen LogP contribution in [0.1, 0.15) is 32.0 Å². The van der Waals surface area contributed by atoms with E-state index >= 15 is 0 Å². The van der Waals surface area contributed by atoms with E-state index < -0.39 is 0 Å². The summed E-state index contributed by atoms with van der Waals surface area (Å²) in [5, 5.41) is 0. The number of hydrogen-bond donors (Lipinski definition) is 1. The molecule has 1 aromatic rings. The van der Waals surface area contributed by atoms with E-state index in [-0.39, 0.29) is 6.04 Å². The molecule has 0 spiro atoms. The molecule has 4 heteroatoms. The van der Waals surface area contributed by atoms with E-state index in [1.165, 1.54) is 0 Å². The fraction of sp³-hybridized carbons (Fsp3) is 0.727. The third-order valence-corrected chi connectivity index (χ3v) is 3.18. The fourth-order valence-corrected chi connectivity index (χ4v) is 2.13. The predicted octanol–water partition coefficient (Wildman–Crippen LogP) is 1.33. The van der Waals surface area contributed by atoms with Gasteiger partial charge in [0.05, 0.1) is 18.1 Å². The molecule has 0 amide bonds. The first-order valence-electron chi connectivity index (χ1n) is 5.55. The maximum Gasteiger partial charge on any atom is 0.0948 e. The Balaban J connectivity index is 2.06. The lowest BCUT2D eigenvalue weighted by molar-refractivity contribution is 0.101. The van der Waals surface area contributed by atoms with Crippen molar-refractivity contribution in [3.8, 4) is 0 Å². The standard InChI is InChI=1S/C11H19N3O/c1-8(12)11-5-13-7-14(11)6-10-3-4-15-9(10)2/h5,7-10H,3-4,6,12H2,1-2H3/t8-,9?,10?/m0/s1. The summed E-state index contributed by atoms with van der Waals surface area (Å²) in [4.78, 5) is 4.15. The van der Waals surface area contributed by atoms with Crippen molar-refractivity contribution in [2.45, 2.75) is 39.0 Å². The maximum atomic E-state index is 5.88.